The van der Waals surface area contributed by atoms with Gasteiger partial charge in [0.1, 0.15) is 0 Å². The van der Waals surface area contributed by atoms with E-state index in [9.17, 15) is 5.21 Å². The van der Waals surface area contributed by atoms with Gasteiger partial charge >= 0.3 is 0 Å². The van der Waals surface area contributed by atoms with E-state index in [1.54, 1.807) is 6.21 Å². The van der Waals surface area contributed by atoms with Crippen LogP contribution >= 0.6 is 0 Å². The molecule has 2 heterocycles. The number of aromatic nitrogens is 1. The van der Waals surface area contributed by atoms with Crippen molar-refractivity contribution in [2.75, 3.05) is 6.54 Å². The van der Waals surface area contributed by atoms with Crippen LogP contribution in [-0.2, 0) is 0 Å². The molecule has 15 heavy (non-hydrogen) atoms. The highest BCUT2D eigenvalue weighted by atomic mass is 16.5. The van der Waals surface area contributed by atoms with Gasteiger partial charge in [0.25, 0.3) is 0 Å². The minimum Gasteiger partial charge on any atom is -0.291 e. The van der Waals surface area contributed by atoms with Crippen LogP contribution < -0.4 is 0 Å². The van der Waals surface area contributed by atoms with Crippen LogP contribution in [0.4, 0.5) is 0 Å². The van der Waals surface area contributed by atoms with Gasteiger partial charge < -0.3 is 0 Å². The normalized spacial score (nSPS) is 20.7. The second-order valence-electron chi connectivity index (χ2n) is 5.15. The molecular weight excluding hydrogens is 188 g/mol. The van der Waals surface area contributed by atoms with Crippen molar-refractivity contribution in [3.63, 3.8) is 0 Å². The molecule has 2 rings (SSSR count). The number of hydrogen-bond acceptors (Lipinski definition) is 2. The Morgan fingerprint density at radius 1 is 1.47 bits per heavy atom. The van der Waals surface area contributed by atoms with E-state index in [0.717, 1.165) is 11.3 Å². The van der Waals surface area contributed by atoms with Crippen molar-refractivity contribution in [3.8, 4) is 0 Å². The van der Waals surface area contributed by atoms with Gasteiger partial charge in [-0.25, -0.2) is 0 Å². The second-order valence-corrected chi connectivity index (χ2v) is 5.15. The molecular formula is C12H17N2O+. The first kappa shape index (κ1) is 10.1. The summed E-state index contributed by atoms with van der Waals surface area (Å²) < 4.78 is 1.26. The largest absolute Gasteiger partial charge is 0.291 e. The molecule has 1 unspecified atom stereocenters. The predicted molar refractivity (Wildman–Crippen MR) is 58.5 cm³/mol. The van der Waals surface area contributed by atoms with Crippen molar-refractivity contribution in [2.24, 2.45) is 5.41 Å². The van der Waals surface area contributed by atoms with Crippen molar-refractivity contribution in [3.05, 3.63) is 29.6 Å². The standard InChI is InChI=1S/C12H17N2O/c1-12(2,3)10-8-14(15)7-9-5-4-6-13-11(9)10/h4-7,10,15H,8H2,1-3H3/q+1. The van der Waals surface area contributed by atoms with E-state index >= 15 is 0 Å². The zero-order valence-corrected chi connectivity index (χ0v) is 9.44. The molecule has 1 aliphatic heterocycles. The molecule has 0 aromatic carbocycles. The Kier molecular flexibility index (Phi) is 2.25. The minimum atomic E-state index is 0.109. The number of hydrogen-bond donors (Lipinski definition) is 1. The molecule has 1 N–H and O–H groups in total. The van der Waals surface area contributed by atoms with E-state index in [1.165, 1.54) is 4.74 Å². The Hall–Kier alpha value is -1.38. The van der Waals surface area contributed by atoms with Crippen molar-refractivity contribution < 1.29 is 9.95 Å². The van der Waals surface area contributed by atoms with Crippen LogP contribution in [0.25, 0.3) is 0 Å². The Bertz CT molecular complexity index is 404. The van der Waals surface area contributed by atoms with Gasteiger partial charge in [-0.2, -0.15) is 0 Å². The third-order valence-corrected chi connectivity index (χ3v) is 2.90. The first-order chi connectivity index (χ1) is 6.98. The molecule has 0 aliphatic carbocycles. The average Bonchev–Trinajstić information content (AvgIpc) is 2.15. The van der Waals surface area contributed by atoms with E-state index in [2.05, 4.69) is 25.8 Å². The third kappa shape index (κ3) is 1.87. The molecule has 0 radical (unpaired) electrons. The number of hydroxylamine groups is 1. The summed E-state index contributed by atoms with van der Waals surface area (Å²) in [5.41, 5.74) is 2.22. The van der Waals surface area contributed by atoms with Crippen molar-refractivity contribution in [2.45, 2.75) is 26.7 Å². The maximum Gasteiger partial charge on any atom is 0.224 e. The van der Waals surface area contributed by atoms with Crippen LogP contribution in [0.1, 0.15) is 37.9 Å². The summed E-state index contributed by atoms with van der Waals surface area (Å²) in [6.45, 7) is 7.15. The van der Waals surface area contributed by atoms with E-state index < -0.39 is 0 Å². The van der Waals surface area contributed by atoms with Crippen LogP contribution in [0.5, 0.6) is 0 Å². The van der Waals surface area contributed by atoms with Crippen LogP contribution in [-0.4, -0.2) is 27.7 Å². The maximum absolute atomic E-state index is 9.64. The number of nitrogens with zero attached hydrogens (tertiary/aromatic N) is 2. The van der Waals surface area contributed by atoms with Crippen molar-refractivity contribution in [1.82, 2.24) is 4.98 Å². The highest BCUT2D eigenvalue weighted by molar-refractivity contribution is 5.78. The summed E-state index contributed by atoms with van der Waals surface area (Å²) in [4.78, 5) is 4.43. The molecule has 1 atom stereocenters. The monoisotopic (exact) mass is 205 g/mol. The summed E-state index contributed by atoms with van der Waals surface area (Å²) in [7, 11) is 0. The number of fused-ring (bicyclic) bond motifs is 1. The summed E-state index contributed by atoms with van der Waals surface area (Å²) in [6.07, 6.45) is 3.56. The third-order valence-electron chi connectivity index (χ3n) is 2.90. The molecule has 1 aromatic rings. The Balaban J connectivity index is 2.51. The summed E-state index contributed by atoms with van der Waals surface area (Å²) in [5, 5.41) is 9.64. The SMILES string of the molecule is CC(C)(C)C1C[N+](O)=Cc2cccnc21. The molecule has 0 saturated carbocycles. The molecule has 0 amide bonds. The molecule has 0 bridgehead atoms. The predicted octanol–water partition coefficient (Wildman–Crippen LogP) is 2.05. The van der Waals surface area contributed by atoms with E-state index in [-0.39, 0.29) is 11.3 Å². The fraction of sp³-hybridized carbons (Fsp3) is 0.500. The lowest BCUT2D eigenvalue weighted by atomic mass is 9.76. The lowest BCUT2D eigenvalue weighted by molar-refractivity contribution is -0.774. The van der Waals surface area contributed by atoms with Crippen LogP contribution in [0.15, 0.2) is 18.3 Å². The van der Waals surface area contributed by atoms with Gasteiger partial charge in [0.2, 0.25) is 12.8 Å². The lowest BCUT2D eigenvalue weighted by Crippen LogP contribution is -2.33. The molecule has 80 valence electrons. The molecule has 0 spiro atoms. The summed E-state index contributed by atoms with van der Waals surface area (Å²) in [6, 6.07) is 3.89. The molecule has 3 nitrogen and oxygen atoms in total. The Labute approximate surface area is 90.1 Å². The second kappa shape index (κ2) is 3.33. The van der Waals surface area contributed by atoms with Gasteiger partial charge in [-0.1, -0.05) is 20.8 Å². The first-order valence-electron chi connectivity index (χ1n) is 5.24. The maximum atomic E-state index is 9.64. The molecule has 0 saturated heterocycles. The highest BCUT2D eigenvalue weighted by Crippen LogP contribution is 2.36. The van der Waals surface area contributed by atoms with E-state index in [0.29, 0.717) is 6.54 Å². The molecule has 1 aliphatic rings. The minimum absolute atomic E-state index is 0.109. The van der Waals surface area contributed by atoms with Crippen LogP contribution in [0.3, 0.4) is 0 Å². The van der Waals surface area contributed by atoms with E-state index in [4.69, 9.17) is 0 Å². The number of rotatable bonds is 0. The topological polar surface area (TPSA) is 36.1 Å². The lowest BCUT2D eigenvalue weighted by Gasteiger charge is -2.29. The molecule has 1 aromatic heterocycles. The summed E-state index contributed by atoms with van der Waals surface area (Å²) in [5.74, 6) is 0.267. The first-order valence-corrected chi connectivity index (χ1v) is 5.24. The van der Waals surface area contributed by atoms with Crippen LogP contribution in [0.2, 0.25) is 0 Å². The van der Waals surface area contributed by atoms with Gasteiger partial charge in [0, 0.05) is 6.20 Å². The smallest absolute Gasteiger partial charge is 0.224 e. The van der Waals surface area contributed by atoms with Gasteiger partial charge in [0.05, 0.1) is 17.2 Å². The fourth-order valence-corrected chi connectivity index (χ4v) is 2.00. The Morgan fingerprint density at radius 3 is 2.87 bits per heavy atom. The van der Waals surface area contributed by atoms with Crippen molar-refractivity contribution >= 4 is 6.21 Å². The summed E-state index contributed by atoms with van der Waals surface area (Å²) >= 11 is 0. The van der Waals surface area contributed by atoms with Gasteiger partial charge in [-0.15, -0.1) is 0 Å². The zero-order chi connectivity index (χ0) is 11.1. The van der Waals surface area contributed by atoms with Crippen molar-refractivity contribution in [1.29, 1.82) is 0 Å². The van der Waals surface area contributed by atoms with Gasteiger partial charge in [-0.3, -0.25) is 10.2 Å². The van der Waals surface area contributed by atoms with E-state index in [1.807, 2.05) is 18.3 Å². The highest BCUT2D eigenvalue weighted by Gasteiger charge is 2.36. The van der Waals surface area contributed by atoms with Crippen LogP contribution in [0, 0.1) is 5.41 Å². The average molecular weight is 205 g/mol. The number of pyridine rings is 1. The fourth-order valence-electron chi connectivity index (χ4n) is 2.00. The van der Waals surface area contributed by atoms with Gasteiger partial charge in [0.15, 0.2) is 0 Å². The quantitative estimate of drug-likeness (QED) is 0.520. The Morgan fingerprint density at radius 2 is 2.20 bits per heavy atom. The molecule has 0 fully saturated rings. The molecule has 3 heteroatoms. The van der Waals surface area contributed by atoms with Gasteiger partial charge in [-0.05, 0) is 22.3 Å². The zero-order valence-electron chi connectivity index (χ0n) is 9.44.